The van der Waals surface area contributed by atoms with Crippen LogP contribution in [-0.4, -0.2) is 30.6 Å². The molecule has 4 nitrogen and oxygen atoms in total. The maximum absolute atomic E-state index is 11.8. The topological polar surface area (TPSA) is 55.6 Å². The van der Waals surface area contributed by atoms with Gasteiger partial charge in [-0.05, 0) is 38.1 Å². The van der Waals surface area contributed by atoms with Gasteiger partial charge in [-0.3, -0.25) is 9.69 Å². The number of nitrogens with zero attached hydrogens (tertiary/aromatic N) is 1. The summed E-state index contributed by atoms with van der Waals surface area (Å²) in [6.45, 7) is 4.91. The van der Waals surface area contributed by atoms with Gasteiger partial charge in [0.15, 0.2) is 0 Å². The lowest BCUT2D eigenvalue weighted by Gasteiger charge is -2.25. The molecule has 1 atom stereocenters. The molecule has 0 bridgehead atoms. The molecular weight excluding hydrogens is 228 g/mol. The number of hydrogen-bond donors (Lipinski definition) is 1. The zero-order valence-corrected chi connectivity index (χ0v) is 11.3. The molecule has 0 aliphatic heterocycles. The van der Waals surface area contributed by atoms with E-state index in [0.717, 1.165) is 17.7 Å². The average molecular weight is 250 g/mol. The number of rotatable bonds is 6. The number of hydrogen-bond acceptors (Lipinski definition) is 4. The van der Waals surface area contributed by atoms with Crippen molar-refractivity contribution in [1.82, 2.24) is 4.90 Å². The summed E-state index contributed by atoms with van der Waals surface area (Å²) in [5, 5.41) is 0. The molecule has 0 radical (unpaired) electrons. The molecule has 1 rings (SSSR count). The van der Waals surface area contributed by atoms with Gasteiger partial charge < -0.3 is 10.5 Å². The van der Waals surface area contributed by atoms with E-state index in [4.69, 9.17) is 10.5 Å². The summed E-state index contributed by atoms with van der Waals surface area (Å²) in [6.07, 6.45) is 0.734. The van der Waals surface area contributed by atoms with Crippen molar-refractivity contribution in [2.75, 3.05) is 19.4 Å². The van der Waals surface area contributed by atoms with Crippen LogP contribution in [0.2, 0.25) is 0 Å². The maximum Gasteiger partial charge on any atom is 0.323 e. The monoisotopic (exact) mass is 250 g/mol. The first-order valence-corrected chi connectivity index (χ1v) is 6.29. The Morgan fingerprint density at radius 2 is 2.17 bits per heavy atom. The number of anilines is 1. The minimum absolute atomic E-state index is 0.161. The van der Waals surface area contributed by atoms with Crippen molar-refractivity contribution in [2.24, 2.45) is 0 Å². The fourth-order valence-corrected chi connectivity index (χ4v) is 1.99. The first-order chi connectivity index (χ1) is 8.58. The number of carbonyl (C=O) groups excluding carboxylic acids is 1. The highest BCUT2D eigenvalue weighted by Gasteiger charge is 2.22. The number of nitrogens with two attached hydrogens (primary N) is 1. The molecule has 1 unspecified atom stereocenters. The van der Waals surface area contributed by atoms with Crippen molar-refractivity contribution in [3.63, 3.8) is 0 Å². The van der Waals surface area contributed by atoms with Gasteiger partial charge in [-0.2, -0.15) is 0 Å². The highest BCUT2D eigenvalue weighted by atomic mass is 16.5. The van der Waals surface area contributed by atoms with Crippen LogP contribution in [0, 0.1) is 0 Å². The van der Waals surface area contributed by atoms with Crippen LogP contribution in [0.15, 0.2) is 24.3 Å². The average Bonchev–Trinajstić information content (AvgIpc) is 2.30. The van der Waals surface area contributed by atoms with E-state index < -0.39 is 0 Å². The van der Waals surface area contributed by atoms with E-state index in [1.807, 2.05) is 50.1 Å². The van der Waals surface area contributed by atoms with Gasteiger partial charge in [-0.1, -0.05) is 19.1 Å². The zero-order chi connectivity index (χ0) is 13.5. The van der Waals surface area contributed by atoms with E-state index in [2.05, 4.69) is 0 Å². The Labute approximate surface area is 109 Å². The summed E-state index contributed by atoms with van der Waals surface area (Å²) >= 11 is 0. The molecule has 0 heterocycles. The predicted molar refractivity (Wildman–Crippen MR) is 73.0 cm³/mol. The van der Waals surface area contributed by atoms with Crippen LogP contribution in [0.4, 0.5) is 5.69 Å². The Morgan fingerprint density at radius 3 is 2.72 bits per heavy atom. The lowest BCUT2D eigenvalue weighted by atomic mass is 10.1. The van der Waals surface area contributed by atoms with Gasteiger partial charge in [0.2, 0.25) is 0 Å². The third kappa shape index (κ3) is 4.04. The van der Waals surface area contributed by atoms with Crippen molar-refractivity contribution in [3.05, 3.63) is 29.8 Å². The largest absolute Gasteiger partial charge is 0.465 e. The number of carbonyl (C=O) groups is 1. The molecular formula is C14H22N2O2. The quantitative estimate of drug-likeness (QED) is 0.620. The molecule has 0 saturated carbocycles. The maximum atomic E-state index is 11.8. The molecule has 0 saturated heterocycles. The minimum Gasteiger partial charge on any atom is -0.465 e. The van der Waals surface area contributed by atoms with Crippen LogP contribution in [0.1, 0.15) is 25.8 Å². The third-order valence-corrected chi connectivity index (χ3v) is 2.86. The van der Waals surface area contributed by atoms with Gasteiger partial charge >= 0.3 is 5.97 Å². The Morgan fingerprint density at radius 1 is 1.44 bits per heavy atom. The number of likely N-dealkylation sites (N-methyl/N-ethyl adjacent to an activating group) is 1. The van der Waals surface area contributed by atoms with Crippen molar-refractivity contribution in [2.45, 2.75) is 32.9 Å². The second-order valence-electron chi connectivity index (χ2n) is 4.34. The van der Waals surface area contributed by atoms with Crippen LogP contribution in [0.5, 0.6) is 0 Å². The Balaban J connectivity index is 2.67. The molecule has 4 heteroatoms. The molecule has 1 aromatic carbocycles. The van der Waals surface area contributed by atoms with Gasteiger partial charge in [0.05, 0.1) is 6.61 Å². The summed E-state index contributed by atoms with van der Waals surface area (Å²) in [5.41, 5.74) is 7.58. The lowest BCUT2D eigenvalue weighted by molar-refractivity contribution is -0.149. The summed E-state index contributed by atoms with van der Waals surface area (Å²) in [5.74, 6) is -0.161. The van der Waals surface area contributed by atoms with E-state index in [-0.39, 0.29) is 12.0 Å². The van der Waals surface area contributed by atoms with Crippen LogP contribution in [-0.2, 0) is 16.1 Å². The number of ether oxygens (including phenoxy) is 1. The smallest absolute Gasteiger partial charge is 0.323 e. The highest BCUT2D eigenvalue weighted by molar-refractivity contribution is 5.75. The minimum atomic E-state index is -0.202. The van der Waals surface area contributed by atoms with E-state index in [1.165, 1.54) is 0 Å². The molecule has 1 aromatic rings. The predicted octanol–water partition coefficient (Wildman–Crippen LogP) is 2.04. The molecule has 0 spiro atoms. The molecule has 0 aliphatic carbocycles. The first kappa shape index (κ1) is 14.5. The first-order valence-electron chi connectivity index (χ1n) is 6.29. The van der Waals surface area contributed by atoms with Crippen molar-refractivity contribution < 1.29 is 9.53 Å². The molecule has 2 N–H and O–H groups in total. The van der Waals surface area contributed by atoms with E-state index in [1.54, 1.807) is 0 Å². The Kier molecular flexibility index (Phi) is 5.65. The van der Waals surface area contributed by atoms with Gasteiger partial charge in [0, 0.05) is 12.2 Å². The number of esters is 1. The second kappa shape index (κ2) is 7.01. The molecule has 0 aromatic heterocycles. The SMILES string of the molecule is CCOC(=O)C(CC)N(C)Cc1cccc(N)c1. The van der Waals surface area contributed by atoms with Crippen molar-refractivity contribution in [1.29, 1.82) is 0 Å². The van der Waals surface area contributed by atoms with E-state index >= 15 is 0 Å². The van der Waals surface area contributed by atoms with Crippen molar-refractivity contribution >= 4 is 11.7 Å². The van der Waals surface area contributed by atoms with E-state index in [9.17, 15) is 4.79 Å². The Bertz CT molecular complexity index is 393. The molecule has 0 amide bonds. The van der Waals surface area contributed by atoms with Crippen LogP contribution in [0.3, 0.4) is 0 Å². The third-order valence-electron chi connectivity index (χ3n) is 2.86. The summed E-state index contributed by atoms with van der Waals surface area (Å²) in [6, 6.07) is 7.50. The molecule has 18 heavy (non-hydrogen) atoms. The van der Waals surface area contributed by atoms with Crippen LogP contribution < -0.4 is 5.73 Å². The van der Waals surface area contributed by atoms with Gasteiger partial charge in [0.25, 0.3) is 0 Å². The van der Waals surface area contributed by atoms with Gasteiger partial charge in [-0.15, -0.1) is 0 Å². The van der Waals surface area contributed by atoms with Crippen LogP contribution in [0.25, 0.3) is 0 Å². The van der Waals surface area contributed by atoms with Crippen molar-refractivity contribution in [3.8, 4) is 0 Å². The van der Waals surface area contributed by atoms with Gasteiger partial charge in [0.1, 0.15) is 6.04 Å². The normalized spacial score (nSPS) is 12.4. The lowest BCUT2D eigenvalue weighted by Crippen LogP contribution is -2.38. The van der Waals surface area contributed by atoms with E-state index in [0.29, 0.717) is 13.2 Å². The number of nitrogen functional groups attached to an aromatic ring is 1. The highest BCUT2D eigenvalue weighted by Crippen LogP contribution is 2.12. The Hall–Kier alpha value is -1.55. The summed E-state index contributed by atoms with van der Waals surface area (Å²) in [7, 11) is 1.92. The van der Waals surface area contributed by atoms with Gasteiger partial charge in [-0.25, -0.2) is 0 Å². The second-order valence-corrected chi connectivity index (χ2v) is 4.34. The molecule has 100 valence electrons. The fourth-order valence-electron chi connectivity index (χ4n) is 1.99. The summed E-state index contributed by atoms with van der Waals surface area (Å²) in [4.78, 5) is 13.8. The molecule has 0 fully saturated rings. The zero-order valence-electron chi connectivity index (χ0n) is 11.3. The summed E-state index contributed by atoms with van der Waals surface area (Å²) < 4.78 is 5.07. The fraction of sp³-hybridized carbons (Fsp3) is 0.500. The standard InChI is InChI=1S/C14H22N2O2/c1-4-13(14(17)18-5-2)16(3)10-11-7-6-8-12(15)9-11/h6-9,13H,4-5,10,15H2,1-3H3. The van der Waals surface area contributed by atoms with Crippen LogP contribution >= 0.6 is 0 Å². The molecule has 0 aliphatic rings. The number of benzene rings is 1.